The molecule has 16 heteroatoms. The molecule has 0 amide bonds. The molecule has 2 saturated carbocycles. The summed E-state index contributed by atoms with van der Waals surface area (Å²) in [5, 5.41) is 40.3. The molecule has 0 aliphatic heterocycles. The Morgan fingerprint density at radius 1 is 0.725 bits per heavy atom. The Balaban J connectivity index is 1.34. The Kier molecular flexibility index (Phi) is 15.3. The summed E-state index contributed by atoms with van der Waals surface area (Å²) < 4.78 is 32.8. The Labute approximate surface area is 398 Å². The van der Waals surface area contributed by atoms with E-state index in [2.05, 4.69) is 5.32 Å². The number of ketones is 3. The Bertz CT molecular complexity index is 2960. The first kappa shape index (κ1) is 49.8. The van der Waals surface area contributed by atoms with E-state index in [-0.39, 0.29) is 88.9 Å². The number of aliphatic hydroxyl groups is 2. The summed E-state index contributed by atoms with van der Waals surface area (Å²) >= 11 is 0. The van der Waals surface area contributed by atoms with Crippen molar-refractivity contribution < 1.29 is 62.9 Å². The minimum atomic E-state index is -0.981. The predicted molar refractivity (Wildman–Crippen MR) is 259 cm³/mol. The molecule has 5 unspecified atom stereocenters. The summed E-state index contributed by atoms with van der Waals surface area (Å²) in [4.78, 5) is 82.9. The molecule has 0 bridgehead atoms. The Hall–Kier alpha value is -5.62. The highest BCUT2D eigenvalue weighted by atomic mass is 16.6. The minimum Gasteiger partial charge on any atom is -0.504 e. The van der Waals surface area contributed by atoms with Gasteiger partial charge in [-0.25, -0.2) is 0 Å². The molecular formula is C53H61NO15. The second-order valence-corrected chi connectivity index (χ2v) is 18.7. The number of aromatic hydroxyl groups is 1. The average molecular weight is 952 g/mol. The van der Waals surface area contributed by atoms with Gasteiger partial charge in [0.1, 0.15) is 11.9 Å². The maximum Gasteiger partial charge on any atom is 0.308 e. The van der Waals surface area contributed by atoms with Gasteiger partial charge in [0, 0.05) is 48.9 Å². The molecule has 5 aromatic rings. The summed E-state index contributed by atoms with van der Waals surface area (Å²) in [7, 11) is 4.47. The van der Waals surface area contributed by atoms with Crippen LogP contribution in [0.1, 0.15) is 98.9 Å². The number of benzene rings is 5. The van der Waals surface area contributed by atoms with Gasteiger partial charge in [0.05, 0.1) is 88.8 Å². The third-order valence-electron chi connectivity index (χ3n) is 14.4. The molecule has 5 aromatic carbocycles. The molecule has 368 valence electrons. The molecule has 0 radical (unpaired) electrons. The quantitative estimate of drug-likeness (QED) is 0.0200. The maximum atomic E-state index is 15.0. The van der Waals surface area contributed by atoms with Crippen LogP contribution in [-0.4, -0.2) is 112 Å². The van der Waals surface area contributed by atoms with Crippen LogP contribution in [0.25, 0.3) is 49.2 Å². The fourth-order valence-electron chi connectivity index (χ4n) is 11.5. The van der Waals surface area contributed by atoms with Gasteiger partial charge < -0.3 is 49.1 Å². The number of fused-ring (bicyclic) bond motifs is 1. The van der Waals surface area contributed by atoms with Crippen molar-refractivity contribution in [1.82, 2.24) is 0 Å². The lowest BCUT2D eigenvalue weighted by molar-refractivity contribution is -0.150. The number of hydrogen-bond acceptors (Lipinski definition) is 16. The van der Waals surface area contributed by atoms with Crippen LogP contribution in [0.5, 0.6) is 11.5 Å². The predicted octanol–water partition coefficient (Wildman–Crippen LogP) is 5.76. The summed E-state index contributed by atoms with van der Waals surface area (Å²) in [6.45, 7) is 3.79. The second kappa shape index (κ2) is 21.2. The molecule has 0 aromatic heterocycles. The molecular weight excluding hydrogens is 891 g/mol. The van der Waals surface area contributed by atoms with Gasteiger partial charge in [0.15, 0.2) is 22.4 Å². The molecule has 3 aliphatic rings. The third kappa shape index (κ3) is 9.30. The Morgan fingerprint density at radius 3 is 1.99 bits per heavy atom. The van der Waals surface area contributed by atoms with Crippen molar-refractivity contribution in [2.45, 2.75) is 103 Å². The number of hydrogen-bond donors (Lipinski definition) is 4. The number of carbonyl (C=O) groups excluding carboxylic acids is 4. The molecule has 5 atom stereocenters. The number of ether oxygens (including phenoxy) is 6. The van der Waals surface area contributed by atoms with Gasteiger partial charge in [0.2, 0.25) is 11.6 Å². The molecule has 16 nitrogen and oxygen atoms in total. The zero-order valence-electron chi connectivity index (χ0n) is 39.9. The molecule has 0 spiro atoms. The second-order valence-electron chi connectivity index (χ2n) is 18.7. The van der Waals surface area contributed by atoms with Crippen molar-refractivity contribution in [3.05, 3.63) is 66.0 Å². The summed E-state index contributed by atoms with van der Waals surface area (Å²) in [6.07, 6.45) is 4.98. The number of carbonyl (C=O) groups is 4. The monoisotopic (exact) mass is 951 g/mol. The lowest BCUT2D eigenvalue weighted by atomic mass is 9.78. The number of rotatable bonds is 23. The third-order valence-corrected chi connectivity index (χ3v) is 14.4. The van der Waals surface area contributed by atoms with Crippen LogP contribution >= 0.6 is 0 Å². The highest BCUT2D eigenvalue weighted by Crippen LogP contribution is 2.56. The first-order valence-corrected chi connectivity index (χ1v) is 23.8. The number of methoxy groups -OCH3 is 3. The highest BCUT2D eigenvalue weighted by molar-refractivity contribution is 6.39. The number of aliphatic hydroxyl groups excluding tert-OH is 2. The number of phenols is 1. The van der Waals surface area contributed by atoms with Gasteiger partial charge in [-0.15, -0.1) is 0 Å². The lowest BCUT2D eigenvalue weighted by Gasteiger charge is -2.28. The van der Waals surface area contributed by atoms with E-state index >= 15 is 4.79 Å². The van der Waals surface area contributed by atoms with Crippen LogP contribution in [0.15, 0.2) is 27.3 Å². The average Bonchev–Trinajstić information content (AvgIpc) is 3.96. The van der Waals surface area contributed by atoms with E-state index in [1.54, 1.807) is 14.2 Å². The number of Topliss-reactive ketones (excluding diaryl/α,β-unsaturated/α-hetero) is 3. The number of phenolic OH excluding ortho intramolecular Hbond substituents is 1. The van der Waals surface area contributed by atoms with Crippen LogP contribution < -0.4 is 20.9 Å². The van der Waals surface area contributed by atoms with Gasteiger partial charge in [-0.05, 0) is 121 Å². The largest absolute Gasteiger partial charge is 0.504 e. The van der Waals surface area contributed by atoms with Crippen molar-refractivity contribution in [2.75, 3.05) is 66.3 Å². The van der Waals surface area contributed by atoms with Crippen molar-refractivity contribution in [3.8, 4) is 11.5 Å². The molecule has 2 fully saturated rings. The van der Waals surface area contributed by atoms with Crippen molar-refractivity contribution >= 4 is 78.2 Å². The minimum absolute atomic E-state index is 0.0541. The molecule has 4 N–H and O–H groups in total. The first-order chi connectivity index (χ1) is 33.3. The van der Waals surface area contributed by atoms with E-state index in [9.17, 15) is 39.3 Å². The van der Waals surface area contributed by atoms with E-state index < -0.39 is 53.2 Å². The summed E-state index contributed by atoms with van der Waals surface area (Å²) in [5.41, 5.74) is 2.19. The summed E-state index contributed by atoms with van der Waals surface area (Å²) in [6, 6.07) is 2.24. The van der Waals surface area contributed by atoms with E-state index in [1.165, 1.54) is 26.2 Å². The molecule has 69 heavy (non-hydrogen) atoms. The topological polar surface area (TPSA) is 231 Å². The van der Waals surface area contributed by atoms with Crippen LogP contribution in [0, 0.1) is 11.8 Å². The number of esters is 1. The zero-order chi connectivity index (χ0) is 49.3. The van der Waals surface area contributed by atoms with Gasteiger partial charge in [-0.1, -0.05) is 11.6 Å². The maximum absolute atomic E-state index is 15.0. The van der Waals surface area contributed by atoms with E-state index in [0.717, 1.165) is 5.56 Å². The van der Waals surface area contributed by atoms with E-state index in [4.69, 9.17) is 28.4 Å². The number of anilines is 1. The van der Waals surface area contributed by atoms with Crippen LogP contribution in [0.3, 0.4) is 0 Å². The number of nitrogens with one attached hydrogen (secondary N) is 1. The fraction of sp³-hybridized carbons (Fsp3) is 0.509. The molecule has 8 rings (SSSR count). The highest BCUT2D eigenvalue weighted by Gasteiger charge is 2.39. The first-order valence-electron chi connectivity index (χ1n) is 23.8. The standard InChI is InChI=1S/C53H61NO15/c1-26-18-34-35(20-28-6-9-33(19-28)69-39(61)11-13-68-17-15-65-4)50(54-32-8-7-29(21-32)51(62)36(58)10-12-67-16-14-64-3)44-37(59)22-30(24-55)41-42-31(25-56)23-38(60)45-47(42)48(43(34)46(41)44)49(40(26)27(2)57)53(66-5)52(45)63/h18,22-23,28-29,32-33,40,54-56,63H,6-17,19-21,24-25H2,1-5H3. The number of allylic oxidation sites excluding steroid dienone is 1. The van der Waals surface area contributed by atoms with Crippen molar-refractivity contribution in [3.63, 3.8) is 0 Å². The van der Waals surface area contributed by atoms with Gasteiger partial charge in [0.25, 0.3) is 0 Å². The van der Waals surface area contributed by atoms with Crippen molar-refractivity contribution in [1.29, 1.82) is 0 Å². The van der Waals surface area contributed by atoms with Crippen molar-refractivity contribution in [2.24, 2.45) is 11.8 Å². The van der Waals surface area contributed by atoms with Crippen LogP contribution in [0.4, 0.5) is 5.69 Å². The lowest BCUT2D eigenvalue weighted by Crippen LogP contribution is -2.26. The fourth-order valence-corrected chi connectivity index (χ4v) is 11.5. The van der Waals surface area contributed by atoms with Gasteiger partial charge in [-0.2, -0.15) is 0 Å². The smallest absolute Gasteiger partial charge is 0.308 e. The van der Waals surface area contributed by atoms with Crippen LogP contribution in [0.2, 0.25) is 0 Å². The summed E-state index contributed by atoms with van der Waals surface area (Å²) in [5.74, 6) is -3.78. The molecule has 3 aliphatic carbocycles. The molecule has 0 heterocycles. The van der Waals surface area contributed by atoms with E-state index in [1.807, 2.05) is 13.0 Å². The normalized spacial score (nSPS) is 20.1. The SMILES string of the molecule is COCCOCCC(=O)OC1CCC(Cc2c(NC3CCC(C(=O)C(=O)CCOCCOC)C3)c3c(=O)cc(CO)c4c5c(CO)cc(=O)c6c(O)c(OC)c7c(c(c2C=C(C)C7C(C)=O)c34)c65)C1. The van der Waals surface area contributed by atoms with Gasteiger partial charge >= 0.3 is 5.97 Å². The zero-order valence-corrected chi connectivity index (χ0v) is 39.9. The van der Waals surface area contributed by atoms with Gasteiger partial charge in [-0.3, -0.25) is 28.8 Å². The Morgan fingerprint density at radius 2 is 1.36 bits per heavy atom. The van der Waals surface area contributed by atoms with Crippen LogP contribution in [-0.2, 0) is 62.5 Å². The van der Waals surface area contributed by atoms with E-state index in [0.29, 0.717) is 121 Å². The molecule has 0 saturated heterocycles.